The molecule has 0 saturated heterocycles. The van der Waals surface area contributed by atoms with Crippen LogP contribution in [0.15, 0.2) is 18.2 Å². The quantitative estimate of drug-likeness (QED) is 0.653. The third-order valence-corrected chi connectivity index (χ3v) is 1.57. The average Bonchev–Trinajstić information content (AvgIpc) is 1.85. The molecule has 0 fully saturated rings. The van der Waals surface area contributed by atoms with Gasteiger partial charge in [-0.2, -0.15) is 0 Å². The second kappa shape index (κ2) is 2.96. The molecule has 0 spiro atoms. The summed E-state index contributed by atoms with van der Waals surface area (Å²) in [4.78, 5) is 0. The van der Waals surface area contributed by atoms with Crippen LogP contribution in [0.1, 0.15) is 11.1 Å². The van der Waals surface area contributed by atoms with Gasteiger partial charge in [0, 0.05) is 0 Å². The predicted octanol–water partition coefficient (Wildman–Crippen LogP) is 2.37. The van der Waals surface area contributed by atoms with Crippen molar-refractivity contribution in [2.75, 3.05) is 0 Å². The molecule has 0 unspecified atom stereocenters. The van der Waals surface area contributed by atoms with Crippen LogP contribution in [0.2, 0.25) is 0 Å². The molecule has 1 aromatic rings. The first-order valence-electron chi connectivity index (χ1n) is 3.10. The average molecular weight is 170 g/mol. The van der Waals surface area contributed by atoms with E-state index >= 15 is 0 Å². The Morgan fingerprint density at radius 2 is 2.18 bits per heavy atom. The molecule has 0 aliphatic heterocycles. The van der Waals surface area contributed by atoms with Crippen molar-refractivity contribution in [1.82, 2.24) is 0 Å². The van der Waals surface area contributed by atoms with Crippen LogP contribution < -0.4 is 0 Å². The molecular weight excluding hydrogens is 163 g/mol. The van der Waals surface area contributed by atoms with E-state index in [0.717, 1.165) is 5.56 Å². The molecule has 58 valence electrons. The Labute approximate surface area is 69.5 Å². The Morgan fingerprint density at radius 3 is 2.64 bits per heavy atom. The number of aliphatic hydroxyl groups is 1. The minimum atomic E-state index is -0.475. The molecular formula is C8H7FOS. The Morgan fingerprint density at radius 1 is 1.55 bits per heavy atom. The standard InChI is InChI=1S/C8H7FOS/c1-5-2-3-6(8(10)11)7(9)4-5/h2-4H,1H3,(H,10,11). The maximum absolute atomic E-state index is 12.9. The van der Waals surface area contributed by atoms with E-state index < -0.39 is 10.9 Å². The van der Waals surface area contributed by atoms with Crippen molar-refractivity contribution in [3.63, 3.8) is 0 Å². The highest BCUT2D eigenvalue weighted by atomic mass is 32.1. The molecule has 1 nitrogen and oxygen atoms in total. The highest BCUT2D eigenvalue weighted by Crippen LogP contribution is 2.09. The first-order valence-corrected chi connectivity index (χ1v) is 3.51. The normalized spacial score (nSPS) is 9.64. The van der Waals surface area contributed by atoms with Crippen LogP contribution in [-0.4, -0.2) is 10.2 Å². The van der Waals surface area contributed by atoms with Crippen molar-refractivity contribution in [2.45, 2.75) is 6.92 Å². The number of thiocarbonyl (C=S) groups is 1. The van der Waals surface area contributed by atoms with Gasteiger partial charge in [0.1, 0.15) is 5.82 Å². The van der Waals surface area contributed by atoms with Gasteiger partial charge in [0.25, 0.3) is 0 Å². The van der Waals surface area contributed by atoms with Gasteiger partial charge in [-0.25, -0.2) is 4.39 Å². The fourth-order valence-electron chi connectivity index (χ4n) is 0.794. The van der Waals surface area contributed by atoms with Crippen molar-refractivity contribution in [3.05, 3.63) is 35.1 Å². The van der Waals surface area contributed by atoms with Crippen LogP contribution >= 0.6 is 12.2 Å². The molecule has 0 saturated carbocycles. The Kier molecular flexibility index (Phi) is 2.19. The molecule has 1 aromatic carbocycles. The van der Waals surface area contributed by atoms with E-state index in [4.69, 9.17) is 5.11 Å². The number of hydrogen-bond acceptors (Lipinski definition) is 1. The van der Waals surface area contributed by atoms with Crippen LogP contribution in [0.5, 0.6) is 0 Å². The minimum absolute atomic E-state index is 0.0885. The van der Waals surface area contributed by atoms with Crippen molar-refractivity contribution < 1.29 is 9.50 Å². The Bertz CT molecular complexity index is 296. The first kappa shape index (κ1) is 8.14. The van der Waals surface area contributed by atoms with Gasteiger partial charge in [-0.05, 0) is 36.8 Å². The molecule has 3 heteroatoms. The summed E-state index contributed by atoms with van der Waals surface area (Å²) in [5.74, 6) is -0.475. The lowest BCUT2D eigenvalue weighted by atomic mass is 10.1. The lowest BCUT2D eigenvalue weighted by Gasteiger charge is -1.99. The maximum Gasteiger partial charge on any atom is 0.191 e. The van der Waals surface area contributed by atoms with E-state index in [-0.39, 0.29) is 5.56 Å². The van der Waals surface area contributed by atoms with Gasteiger partial charge in [0.05, 0.1) is 5.56 Å². The van der Waals surface area contributed by atoms with E-state index in [1.165, 1.54) is 12.1 Å². The number of aliphatic hydroxyl groups excluding tert-OH is 1. The third kappa shape index (κ3) is 1.74. The molecule has 0 aliphatic carbocycles. The maximum atomic E-state index is 12.9. The number of rotatable bonds is 1. The van der Waals surface area contributed by atoms with Gasteiger partial charge < -0.3 is 5.11 Å². The van der Waals surface area contributed by atoms with Crippen LogP contribution in [0.3, 0.4) is 0 Å². The van der Waals surface area contributed by atoms with Gasteiger partial charge in [-0.3, -0.25) is 0 Å². The van der Waals surface area contributed by atoms with Crippen molar-refractivity contribution >= 4 is 17.3 Å². The molecule has 0 aliphatic rings. The summed E-state index contributed by atoms with van der Waals surface area (Å²) in [6.07, 6.45) is 0. The molecule has 0 aromatic heterocycles. The van der Waals surface area contributed by atoms with Crippen molar-refractivity contribution in [1.29, 1.82) is 0 Å². The van der Waals surface area contributed by atoms with Crippen molar-refractivity contribution in [3.8, 4) is 0 Å². The number of hydrogen-bond donors (Lipinski definition) is 1. The molecule has 11 heavy (non-hydrogen) atoms. The van der Waals surface area contributed by atoms with Gasteiger partial charge >= 0.3 is 0 Å². The van der Waals surface area contributed by atoms with E-state index in [0.29, 0.717) is 0 Å². The fraction of sp³-hybridized carbons (Fsp3) is 0.125. The van der Waals surface area contributed by atoms with Crippen LogP contribution in [-0.2, 0) is 0 Å². The fourth-order valence-corrected chi connectivity index (χ4v) is 0.959. The van der Waals surface area contributed by atoms with Crippen LogP contribution in [0, 0.1) is 12.7 Å². The Balaban J connectivity index is 3.20. The van der Waals surface area contributed by atoms with E-state index in [2.05, 4.69) is 12.2 Å². The van der Waals surface area contributed by atoms with Gasteiger partial charge in [-0.1, -0.05) is 6.07 Å². The summed E-state index contributed by atoms with van der Waals surface area (Å²) in [6, 6.07) is 4.49. The summed E-state index contributed by atoms with van der Waals surface area (Å²) in [7, 11) is 0. The number of aryl methyl sites for hydroxylation is 1. The minimum Gasteiger partial charge on any atom is -0.498 e. The molecule has 1 N–H and O–H groups in total. The lowest BCUT2D eigenvalue weighted by molar-refractivity contribution is 0.558. The smallest absolute Gasteiger partial charge is 0.191 e. The summed E-state index contributed by atoms with van der Waals surface area (Å²) in [5.41, 5.74) is 0.896. The second-order valence-electron chi connectivity index (χ2n) is 2.29. The van der Waals surface area contributed by atoms with Crippen molar-refractivity contribution in [2.24, 2.45) is 0 Å². The highest BCUT2D eigenvalue weighted by Gasteiger charge is 2.04. The zero-order valence-electron chi connectivity index (χ0n) is 5.97. The largest absolute Gasteiger partial charge is 0.498 e. The highest BCUT2D eigenvalue weighted by molar-refractivity contribution is 7.80. The van der Waals surface area contributed by atoms with Gasteiger partial charge in [-0.15, -0.1) is 0 Å². The zero-order valence-corrected chi connectivity index (χ0v) is 6.78. The zero-order chi connectivity index (χ0) is 8.43. The van der Waals surface area contributed by atoms with E-state index in [9.17, 15) is 4.39 Å². The summed E-state index contributed by atoms with van der Waals surface area (Å²) >= 11 is 4.41. The molecule has 0 atom stereocenters. The first-order chi connectivity index (χ1) is 5.11. The molecule has 0 heterocycles. The number of halogens is 1. The van der Waals surface area contributed by atoms with Crippen LogP contribution in [0.25, 0.3) is 0 Å². The molecule has 0 radical (unpaired) electrons. The number of benzene rings is 1. The summed E-state index contributed by atoms with van der Waals surface area (Å²) in [5, 5.41) is 8.39. The molecule has 1 rings (SSSR count). The topological polar surface area (TPSA) is 20.2 Å². The van der Waals surface area contributed by atoms with E-state index in [1.807, 2.05) is 0 Å². The summed E-state index contributed by atoms with van der Waals surface area (Å²) < 4.78 is 12.9. The van der Waals surface area contributed by atoms with Crippen LogP contribution in [0.4, 0.5) is 4.39 Å². The lowest BCUT2D eigenvalue weighted by Crippen LogP contribution is -1.98. The second-order valence-corrected chi connectivity index (χ2v) is 2.68. The monoisotopic (exact) mass is 170 g/mol. The van der Waals surface area contributed by atoms with E-state index in [1.54, 1.807) is 13.0 Å². The predicted molar refractivity (Wildman–Crippen MR) is 45.5 cm³/mol. The molecule has 0 bridgehead atoms. The summed E-state index contributed by atoms with van der Waals surface area (Å²) in [6.45, 7) is 1.77. The third-order valence-electron chi connectivity index (χ3n) is 1.35. The Hall–Kier alpha value is -0.960. The SMILES string of the molecule is Cc1ccc(C(O)=S)c(F)c1. The van der Waals surface area contributed by atoms with Gasteiger partial charge in [0.15, 0.2) is 5.05 Å². The van der Waals surface area contributed by atoms with Gasteiger partial charge in [0.2, 0.25) is 0 Å². The molecule has 0 amide bonds.